The van der Waals surface area contributed by atoms with Crippen LogP contribution in [0.2, 0.25) is 0 Å². The second-order valence-corrected chi connectivity index (χ2v) is 4.36. The monoisotopic (exact) mass is 248 g/mol. The summed E-state index contributed by atoms with van der Waals surface area (Å²) < 4.78 is 0. The van der Waals surface area contributed by atoms with Gasteiger partial charge in [0.2, 0.25) is 0 Å². The molecule has 6 heteroatoms. The second-order valence-electron chi connectivity index (χ2n) is 4.36. The van der Waals surface area contributed by atoms with Gasteiger partial charge in [-0.05, 0) is 12.1 Å². The number of hydrogen-bond donors (Lipinski definition) is 3. The number of carboxylic acid groups (broad SMARTS) is 1. The number of fused-ring (bicyclic) bond motifs is 1. The van der Waals surface area contributed by atoms with Crippen LogP contribution in [0, 0.1) is 5.92 Å². The fourth-order valence-corrected chi connectivity index (χ4v) is 1.72. The van der Waals surface area contributed by atoms with Gasteiger partial charge in [-0.25, -0.2) is 9.97 Å². The minimum atomic E-state index is -0.827. The highest BCUT2D eigenvalue weighted by Gasteiger charge is 2.23. The van der Waals surface area contributed by atoms with Crippen LogP contribution in [-0.2, 0) is 4.79 Å². The highest BCUT2D eigenvalue weighted by atomic mass is 16.4. The fraction of sp³-hybridized carbons (Fsp3) is 0.417. The molecule has 2 unspecified atom stereocenters. The molecule has 18 heavy (non-hydrogen) atoms. The number of carboxylic acids is 1. The van der Waals surface area contributed by atoms with E-state index < -0.39 is 11.9 Å². The molecule has 0 radical (unpaired) electrons. The van der Waals surface area contributed by atoms with Gasteiger partial charge >= 0.3 is 5.97 Å². The Kier molecular flexibility index (Phi) is 3.18. The van der Waals surface area contributed by atoms with Crippen LogP contribution >= 0.6 is 0 Å². The van der Waals surface area contributed by atoms with E-state index in [2.05, 4.69) is 20.3 Å². The van der Waals surface area contributed by atoms with E-state index in [0.29, 0.717) is 11.5 Å². The summed E-state index contributed by atoms with van der Waals surface area (Å²) in [5, 5.41) is 11.9. The van der Waals surface area contributed by atoms with E-state index in [9.17, 15) is 4.79 Å². The van der Waals surface area contributed by atoms with E-state index in [1.54, 1.807) is 14.0 Å². The van der Waals surface area contributed by atoms with Crippen molar-refractivity contribution in [1.82, 2.24) is 15.0 Å². The van der Waals surface area contributed by atoms with Crippen molar-refractivity contribution in [3.8, 4) is 0 Å². The Bertz CT molecular complexity index is 578. The number of carbonyl (C=O) groups is 1. The molecule has 0 aliphatic carbocycles. The minimum absolute atomic E-state index is 0.185. The molecule has 0 spiro atoms. The average Bonchev–Trinajstić information content (AvgIpc) is 2.79. The lowest BCUT2D eigenvalue weighted by Crippen LogP contribution is -2.17. The Morgan fingerprint density at radius 1 is 1.39 bits per heavy atom. The van der Waals surface area contributed by atoms with Gasteiger partial charge in [-0.1, -0.05) is 13.8 Å². The van der Waals surface area contributed by atoms with Crippen LogP contribution in [-0.4, -0.2) is 33.1 Å². The largest absolute Gasteiger partial charge is 0.481 e. The molecule has 6 nitrogen and oxygen atoms in total. The quantitative estimate of drug-likeness (QED) is 0.767. The highest BCUT2D eigenvalue weighted by molar-refractivity contribution is 5.74. The summed E-state index contributed by atoms with van der Waals surface area (Å²) in [7, 11) is 1.79. The molecule has 0 amide bonds. The molecule has 2 aromatic heterocycles. The summed E-state index contributed by atoms with van der Waals surface area (Å²) in [5.74, 6) is -0.115. The van der Waals surface area contributed by atoms with Crippen molar-refractivity contribution >= 4 is 23.0 Å². The van der Waals surface area contributed by atoms with Gasteiger partial charge in [0.05, 0.1) is 11.4 Å². The molecular formula is C12H16N4O2. The van der Waals surface area contributed by atoms with Crippen LogP contribution in [0.4, 0.5) is 5.82 Å². The summed E-state index contributed by atoms with van der Waals surface area (Å²) in [5.41, 5.74) is 1.41. The number of hydrogen-bond acceptors (Lipinski definition) is 4. The zero-order valence-corrected chi connectivity index (χ0v) is 10.6. The molecule has 0 saturated carbocycles. The minimum Gasteiger partial charge on any atom is -0.481 e. The topological polar surface area (TPSA) is 90.9 Å². The molecule has 0 bridgehead atoms. The number of aromatic amines is 1. The third-order valence-corrected chi connectivity index (χ3v) is 3.19. The van der Waals surface area contributed by atoms with Crippen LogP contribution in [0.25, 0.3) is 11.2 Å². The van der Waals surface area contributed by atoms with E-state index in [4.69, 9.17) is 5.11 Å². The number of rotatable bonds is 4. The number of anilines is 1. The van der Waals surface area contributed by atoms with Crippen LogP contribution in [0.3, 0.4) is 0 Å². The fourth-order valence-electron chi connectivity index (χ4n) is 1.72. The van der Waals surface area contributed by atoms with Crippen molar-refractivity contribution in [2.45, 2.75) is 19.8 Å². The molecule has 0 aliphatic heterocycles. The molecule has 0 aromatic carbocycles. The van der Waals surface area contributed by atoms with Crippen molar-refractivity contribution in [1.29, 1.82) is 0 Å². The van der Waals surface area contributed by atoms with Crippen LogP contribution in [0.5, 0.6) is 0 Å². The van der Waals surface area contributed by atoms with Crippen molar-refractivity contribution < 1.29 is 9.90 Å². The van der Waals surface area contributed by atoms with E-state index in [1.807, 2.05) is 19.1 Å². The summed E-state index contributed by atoms with van der Waals surface area (Å²) in [6.07, 6.45) is 0. The Labute approximate surface area is 104 Å². The van der Waals surface area contributed by atoms with Crippen molar-refractivity contribution in [2.75, 3.05) is 12.4 Å². The first kappa shape index (κ1) is 12.3. The van der Waals surface area contributed by atoms with Crippen molar-refractivity contribution in [3.63, 3.8) is 0 Å². The normalized spacial score (nSPS) is 14.4. The number of nitrogens with zero attached hydrogens (tertiary/aromatic N) is 2. The maximum absolute atomic E-state index is 11.0. The lowest BCUT2D eigenvalue weighted by atomic mass is 9.96. The maximum Gasteiger partial charge on any atom is 0.306 e. The van der Waals surface area contributed by atoms with Gasteiger partial charge < -0.3 is 15.4 Å². The number of aromatic nitrogens is 3. The summed E-state index contributed by atoms with van der Waals surface area (Å²) in [6, 6.07) is 3.72. The number of aliphatic carboxylic acids is 1. The van der Waals surface area contributed by atoms with Gasteiger partial charge in [-0.2, -0.15) is 0 Å². The van der Waals surface area contributed by atoms with Gasteiger partial charge in [0.15, 0.2) is 5.65 Å². The predicted molar refractivity (Wildman–Crippen MR) is 68.7 cm³/mol. The first-order valence-electron chi connectivity index (χ1n) is 5.80. The maximum atomic E-state index is 11.0. The standard InChI is InChI=1S/C12H16N4O2/c1-6(7(2)12(17)18)10-14-8-4-5-9(13-3)15-11(8)16-10/h4-7H,1-3H3,(H,17,18)(H2,13,14,15,16). The Hall–Kier alpha value is -2.11. The SMILES string of the molecule is CNc1ccc2[nH]c(C(C)C(C)C(=O)O)nc2n1. The van der Waals surface area contributed by atoms with Gasteiger partial charge in [-0.15, -0.1) is 0 Å². The predicted octanol–water partition coefficient (Wildman–Crippen LogP) is 1.82. The molecule has 0 aliphatic rings. The molecule has 0 saturated heterocycles. The van der Waals surface area contributed by atoms with Crippen molar-refractivity contribution in [3.05, 3.63) is 18.0 Å². The van der Waals surface area contributed by atoms with E-state index in [1.165, 1.54) is 0 Å². The lowest BCUT2D eigenvalue weighted by Gasteiger charge is -2.12. The molecule has 96 valence electrons. The van der Waals surface area contributed by atoms with E-state index in [0.717, 1.165) is 11.3 Å². The number of nitrogens with one attached hydrogen (secondary N) is 2. The van der Waals surface area contributed by atoms with E-state index in [-0.39, 0.29) is 5.92 Å². The second kappa shape index (κ2) is 4.64. The molecule has 2 atom stereocenters. The number of imidazole rings is 1. The molecule has 2 heterocycles. The summed E-state index contributed by atoms with van der Waals surface area (Å²) in [6.45, 7) is 3.52. The number of pyridine rings is 1. The molecule has 0 fully saturated rings. The lowest BCUT2D eigenvalue weighted by molar-refractivity contribution is -0.141. The van der Waals surface area contributed by atoms with E-state index >= 15 is 0 Å². The Morgan fingerprint density at radius 3 is 2.72 bits per heavy atom. The molecule has 2 aromatic rings. The first-order valence-corrected chi connectivity index (χ1v) is 5.80. The highest BCUT2D eigenvalue weighted by Crippen LogP contribution is 2.24. The van der Waals surface area contributed by atoms with Crippen LogP contribution in [0.15, 0.2) is 12.1 Å². The Balaban J connectivity index is 2.37. The Morgan fingerprint density at radius 2 is 2.11 bits per heavy atom. The van der Waals surface area contributed by atoms with Gasteiger partial charge in [0.25, 0.3) is 0 Å². The van der Waals surface area contributed by atoms with Gasteiger partial charge in [-0.3, -0.25) is 4.79 Å². The zero-order valence-electron chi connectivity index (χ0n) is 10.6. The van der Waals surface area contributed by atoms with Crippen LogP contribution in [0.1, 0.15) is 25.6 Å². The smallest absolute Gasteiger partial charge is 0.306 e. The summed E-state index contributed by atoms with van der Waals surface area (Å²) in [4.78, 5) is 22.7. The number of H-pyrrole nitrogens is 1. The van der Waals surface area contributed by atoms with Gasteiger partial charge in [0, 0.05) is 13.0 Å². The average molecular weight is 248 g/mol. The first-order chi connectivity index (χ1) is 8.52. The van der Waals surface area contributed by atoms with Crippen molar-refractivity contribution in [2.24, 2.45) is 5.92 Å². The summed E-state index contributed by atoms with van der Waals surface area (Å²) >= 11 is 0. The van der Waals surface area contributed by atoms with Crippen LogP contribution < -0.4 is 5.32 Å². The molecule has 3 N–H and O–H groups in total. The molecule has 2 rings (SSSR count). The zero-order chi connectivity index (χ0) is 13.3. The van der Waals surface area contributed by atoms with Gasteiger partial charge in [0.1, 0.15) is 11.6 Å². The molecular weight excluding hydrogens is 232 g/mol. The third-order valence-electron chi connectivity index (χ3n) is 3.19. The third kappa shape index (κ3) is 2.13.